The number of hydrogen-bond acceptors (Lipinski definition) is 8. The molecule has 0 spiro atoms. The van der Waals surface area contributed by atoms with Gasteiger partial charge in [-0.05, 0) is 12.1 Å². The van der Waals surface area contributed by atoms with E-state index in [1.54, 1.807) is 6.07 Å². The first kappa shape index (κ1) is 20.4. The number of ether oxygens (including phenoxy) is 2. The number of benzene rings is 1. The van der Waals surface area contributed by atoms with E-state index in [2.05, 4.69) is 10.2 Å². The fraction of sp³-hybridized carbons (Fsp3) is 0.562. The van der Waals surface area contributed by atoms with Gasteiger partial charge in [0, 0.05) is 26.2 Å². The molecule has 9 nitrogen and oxygen atoms in total. The molecule has 150 valence electrons. The number of nitrogens with zero attached hydrogens (tertiary/aromatic N) is 1. The van der Waals surface area contributed by atoms with Gasteiger partial charge in [0.15, 0.2) is 6.10 Å². The molecule has 11 heteroatoms. The average Bonchev–Trinajstić information content (AvgIpc) is 2.66. The highest BCUT2D eigenvalue weighted by Gasteiger charge is 2.48. The van der Waals surface area contributed by atoms with Gasteiger partial charge in [0.2, 0.25) is 6.29 Å². The van der Waals surface area contributed by atoms with Gasteiger partial charge < -0.3 is 40.1 Å². The first-order valence-electron chi connectivity index (χ1n) is 8.34. The van der Waals surface area contributed by atoms with Crippen LogP contribution in [0.25, 0.3) is 0 Å². The lowest BCUT2D eigenvalue weighted by atomic mass is 9.99. The SMILES string of the molecule is O=C(O)[C@H]1O[C@@H](Oc2ccc(N3CCNCC3)c(Cl)c2Cl)[C@H](O)[C@@H](O)[C@@H]1O. The first-order chi connectivity index (χ1) is 12.8. The van der Waals surface area contributed by atoms with Crippen molar-refractivity contribution in [2.75, 3.05) is 31.1 Å². The maximum absolute atomic E-state index is 11.2. The normalized spacial score (nSPS) is 31.6. The van der Waals surface area contributed by atoms with Crippen LogP contribution in [-0.2, 0) is 9.53 Å². The zero-order chi connectivity index (χ0) is 19.7. The topological polar surface area (TPSA) is 132 Å². The highest BCUT2D eigenvalue weighted by atomic mass is 35.5. The smallest absolute Gasteiger partial charge is 0.335 e. The van der Waals surface area contributed by atoms with Gasteiger partial charge in [-0.1, -0.05) is 23.2 Å². The Morgan fingerprint density at radius 1 is 1.11 bits per heavy atom. The summed E-state index contributed by atoms with van der Waals surface area (Å²) in [5, 5.41) is 42.2. The number of carbonyl (C=O) groups is 1. The molecule has 2 fully saturated rings. The van der Waals surface area contributed by atoms with Crippen molar-refractivity contribution in [3.63, 3.8) is 0 Å². The Morgan fingerprint density at radius 2 is 1.78 bits per heavy atom. The number of anilines is 1. The number of nitrogens with one attached hydrogen (secondary N) is 1. The minimum Gasteiger partial charge on any atom is -0.479 e. The number of aliphatic carboxylic acids is 1. The van der Waals surface area contributed by atoms with Crippen LogP contribution >= 0.6 is 23.2 Å². The van der Waals surface area contributed by atoms with E-state index < -0.39 is 36.7 Å². The first-order valence-corrected chi connectivity index (χ1v) is 9.09. The molecule has 5 N–H and O–H groups in total. The molecule has 0 bridgehead atoms. The maximum Gasteiger partial charge on any atom is 0.335 e. The van der Waals surface area contributed by atoms with E-state index in [0.29, 0.717) is 0 Å². The van der Waals surface area contributed by atoms with Crippen LogP contribution in [0.3, 0.4) is 0 Å². The molecule has 0 aromatic heterocycles. The van der Waals surface area contributed by atoms with Gasteiger partial charge in [0.25, 0.3) is 0 Å². The van der Waals surface area contributed by atoms with Crippen molar-refractivity contribution in [2.45, 2.75) is 30.7 Å². The highest BCUT2D eigenvalue weighted by Crippen LogP contribution is 2.40. The van der Waals surface area contributed by atoms with Crippen LogP contribution < -0.4 is 15.0 Å². The molecular weight excluding hydrogens is 403 g/mol. The third-order valence-corrected chi connectivity index (χ3v) is 5.39. The van der Waals surface area contributed by atoms with Crippen molar-refractivity contribution in [3.05, 3.63) is 22.2 Å². The molecule has 2 aliphatic rings. The molecule has 0 saturated carbocycles. The lowest BCUT2D eigenvalue weighted by Crippen LogP contribution is -2.61. The van der Waals surface area contributed by atoms with Crippen LogP contribution in [0.15, 0.2) is 12.1 Å². The molecule has 27 heavy (non-hydrogen) atoms. The second-order valence-electron chi connectivity index (χ2n) is 6.30. The number of carboxylic acids is 1. The summed E-state index contributed by atoms with van der Waals surface area (Å²) in [4.78, 5) is 13.2. The van der Waals surface area contributed by atoms with Gasteiger partial charge >= 0.3 is 5.97 Å². The minimum atomic E-state index is -1.80. The molecule has 2 saturated heterocycles. The summed E-state index contributed by atoms with van der Waals surface area (Å²) in [6.45, 7) is 3.13. The molecule has 0 unspecified atom stereocenters. The maximum atomic E-state index is 11.2. The van der Waals surface area contributed by atoms with Crippen molar-refractivity contribution < 1.29 is 34.7 Å². The van der Waals surface area contributed by atoms with E-state index >= 15 is 0 Å². The Kier molecular flexibility index (Phi) is 6.32. The molecule has 1 aromatic rings. The summed E-state index contributed by atoms with van der Waals surface area (Å²) in [6, 6.07) is 3.22. The van der Waals surface area contributed by atoms with Crippen LogP contribution in [0.1, 0.15) is 0 Å². The summed E-state index contributed by atoms with van der Waals surface area (Å²) in [5.74, 6) is -1.45. The Morgan fingerprint density at radius 3 is 2.41 bits per heavy atom. The van der Waals surface area contributed by atoms with E-state index in [1.807, 2.05) is 0 Å². The fourth-order valence-electron chi connectivity index (χ4n) is 3.04. The van der Waals surface area contributed by atoms with Crippen LogP contribution in [0.4, 0.5) is 5.69 Å². The van der Waals surface area contributed by atoms with Crippen molar-refractivity contribution in [2.24, 2.45) is 0 Å². The van der Waals surface area contributed by atoms with E-state index in [0.717, 1.165) is 31.9 Å². The quantitative estimate of drug-likeness (QED) is 0.442. The predicted octanol–water partition coefficient (Wildman–Crippen LogP) is -0.326. The second-order valence-corrected chi connectivity index (χ2v) is 7.06. The third kappa shape index (κ3) is 4.09. The number of hydrogen-bond donors (Lipinski definition) is 5. The number of piperazine rings is 1. The van der Waals surface area contributed by atoms with Crippen LogP contribution in [0, 0.1) is 0 Å². The zero-order valence-electron chi connectivity index (χ0n) is 14.1. The summed E-state index contributed by atoms with van der Waals surface area (Å²) in [6.07, 6.45) is -8.56. The molecule has 1 aromatic carbocycles. The monoisotopic (exact) mass is 422 g/mol. The lowest BCUT2D eigenvalue weighted by Gasteiger charge is -2.38. The lowest BCUT2D eigenvalue weighted by molar-refractivity contribution is -0.271. The van der Waals surface area contributed by atoms with Crippen LogP contribution in [-0.4, -0.2) is 83.3 Å². The van der Waals surface area contributed by atoms with E-state index in [-0.39, 0.29) is 15.8 Å². The zero-order valence-corrected chi connectivity index (χ0v) is 15.6. The van der Waals surface area contributed by atoms with Crippen molar-refractivity contribution in [1.82, 2.24) is 5.32 Å². The van der Waals surface area contributed by atoms with Gasteiger partial charge in [-0.2, -0.15) is 0 Å². The number of aliphatic hydroxyl groups is 3. The van der Waals surface area contributed by atoms with Crippen molar-refractivity contribution in [3.8, 4) is 5.75 Å². The Bertz CT molecular complexity index is 702. The summed E-state index contributed by atoms with van der Waals surface area (Å²) < 4.78 is 10.6. The number of carboxylic acid groups (broad SMARTS) is 1. The fourth-order valence-corrected chi connectivity index (χ4v) is 3.52. The summed E-state index contributed by atoms with van der Waals surface area (Å²) in [5.41, 5.74) is 0.722. The summed E-state index contributed by atoms with van der Waals surface area (Å²) >= 11 is 12.6. The largest absolute Gasteiger partial charge is 0.479 e. The van der Waals surface area contributed by atoms with E-state index in [1.165, 1.54) is 6.07 Å². The standard InChI is InChI=1S/C16H20Cl2N2O7/c17-9-7(20-5-3-19-4-6-20)1-2-8(10(9)18)26-16-13(23)11(21)12(22)14(27-16)15(24)25/h1-2,11-14,16,19,21-23H,3-6H2,(H,24,25)/t11-,12-,13+,14-,16+/m0/s1. The summed E-state index contributed by atoms with van der Waals surface area (Å²) in [7, 11) is 0. The Balaban J connectivity index is 1.80. The second kappa shape index (κ2) is 8.36. The van der Waals surface area contributed by atoms with Gasteiger partial charge in [0.1, 0.15) is 29.1 Å². The highest BCUT2D eigenvalue weighted by molar-refractivity contribution is 6.44. The molecule has 0 amide bonds. The van der Waals surface area contributed by atoms with Crippen molar-refractivity contribution >= 4 is 34.9 Å². The minimum absolute atomic E-state index is 0.0531. The Hall–Kier alpha value is -1.33. The molecular formula is C16H20Cl2N2O7. The third-order valence-electron chi connectivity index (χ3n) is 4.54. The van der Waals surface area contributed by atoms with Gasteiger partial charge in [0.05, 0.1) is 10.7 Å². The molecule has 0 radical (unpaired) electrons. The van der Waals surface area contributed by atoms with E-state index in [9.17, 15) is 20.1 Å². The van der Waals surface area contributed by atoms with Crippen LogP contribution in [0.2, 0.25) is 10.0 Å². The average molecular weight is 423 g/mol. The molecule has 5 atom stereocenters. The van der Waals surface area contributed by atoms with Gasteiger partial charge in [-0.25, -0.2) is 4.79 Å². The molecule has 2 aliphatic heterocycles. The number of aliphatic hydroxyl groups excluding tert-OH is 3. The Labute approximate surface area is 165 Å². The van der Waals surface area contributed by atoms with Gasteiger partial charge in [-0.3, -0.25) is 0 Å². The van der Waals surface area contributed by atoms with Crippen LogP contribution in [0.5, 0.6) is 5.75 Å². The number of rotatable bonds is 4. The molecule has 0 aliphatic carbocycles. The molecule has 3 rings (SSSR count). The predicted molar refractivity (Wildman–Crippen MR) is 96.5 cm³/mol. The van der Waals surface area contributed by atoms with Crippen molar-refractivity contribution in [1.29, 1.82) is 0 Å². The van der Waals surface area contributed by atoms with Gasteiger partial charge in [-0.15, -0.1) is 0 Å². The molecule has 2 heterocycles. The van der Waals surface area contributed by atoms with E-state index in [4.69, 9.17) is 37.8 Å². The number of halogens is 2.